The van der Waals surface area contributed by atoms with E-state index in [0.29, 0.717) is 28.5 Å². The summed E-state index contributed by atoms with van der Waals surface area (Å²) in [7, 11) is 0. The Morgan fingerprint density at radius 3 is 2.89 bits per heavy atom. The van der Waals surface area contributed by atoms with Crippen LogP contribution in [0.3, 0.4) is 0 Å². The van der Waals surface area contributed by atoms with Crippen molar-refractivity contribution in [3.05, 3.63) is 0 Å². The molecule has 3 fully saturated rings. The standard InChI is InChI=1S/C15H26N2OS/c1-2-19-13-5-3-4-12(13)17-14(18)11-10-15(11)6-8-16-9-7-15/h11-13,16H,2-10H2,1H3,(H,17,18). The van der Waals surface area contributed by atoms with Gasteiger partial charge < -0.3 is 10.6 Å². The highest BCUT2D eigenvalue weighted by atomic mass is 32.2. The minimum absolute atomic E-state index is 0.322. The zero-order valence-corrected chi connectivity index (χ0v) is 12.7. The highest BCUT2D eigenvalue weighted by molar-refractivity contribution is 7.99. The van der Waals surface area contributed by atoms with E-state index in [4.69, 9.17) is 0 Å². The average molecular weight is 282 g/mol. The maximum Gasteiger partial charge on any atom is 0.223 e. The summed E-state index contributed by atoms with van der Waals surface area (Å²) in [6.07, 6.45) is 7.28. The monoisotopic (exact) mass is 282 g/mol. The van der Waals surface area contributed by atoms with Crippen molar-refractivity contribution in [2.45, 2.75) is 56.7 Å². The smallest absolute Gasteiger partial charge is 0.223 e. The summed E-state index contributed by atoms with van der Waals surface area (Å²) in [6, 6.07) is 0.441. The van der Waals surface area contributed by atoms with Gasteiger partial charge in [0.05, 0.1) is 0 Å². The number of hydrogen-bond donors (Lipinski definition) is 2. The molecule has 2 N–H and O–H groups in total. The molecule has 2 aliphatic carbocycles. The predicted octanol–water partition coefficient (Wildman–Crippen LogP) is 2.17. The lowest BCUT2D eigenvalue weighted by molar-refractivity contribution is -0.123. The van der Waals surface area contributed by atoms with Gasteiger partial charge in [-0.15, -0.1) is 0 Å². The molecular weight excluding hydrogens is 256 g/mol. The second-order valence-corrected chi connectivity index (χ2v) is 7.93. The van der Waals surface area contributed by atoms with Crippen molar-refractivity contribution < 1.29 is 4.79 Å². The number of thioether (sulfide) groups is 1. The molecule has 1 spiro atoms. The second kappa shape index (κ2) is 5.65. The summed E-state index contributed by atoms with van der Waals surface area (Å²) in [4.78, 5) is 12.4. The van der Waals surface area contributed by atoms with Crippen LogP contribution in [0.15, 0.2) is 0 Å². The van der Waals surface area contributed by atoms with E-state index in [1.807, 2.05) is 11.8 Å². The molecule has 1 amide bonds. The molecule has 0 aromatic rings. The highest BCUT2D eigenvalue weighted by Crippen LogP contribution is 2.58. The Morgan fingerprint density at radius 2 is 2.16 bits per heavy atom. The molecule has 0 aromatic heterocycles. The van der Waals surface area contributed by atoms with Gasteiger partial charge in [-0.2, -0.15) is 11.8 Å². The molecule has 3 unspecified atom stereocenters. The van der Waals surface area contributed by atoms with Crippen LogP contribution in [0.1, 0.15) is 45.4 Å². The minimum Gasteiger partial charge on any atom is -0.352 e. The summed E-state index contributed by atoms with van der Waals surface area (Å²) in [5.41, 5.74) is 0.376. The Hall–Kier alpha value is -0.220. The van der Waals surface area contributed by atoms with Gasteiger partial charge in [0.2, 0.25) is 5.91 Å². The van der Waals surface area contributed by atoms with Gasteiger partial charge in [0.1, 0.15) is 0 Å². The summed E-state index contributed by atoms with van der Waals surface area (Å²) in [5, 5.41) is 7.43. The van der Waals surface area contributed by atoms with Gasteiger partial charge in [-0.05, 0) is 56.4 Å². The van der Waals surface area contributed by atoms with E-state index in [-0.39, 0.29) is 0 Å². The Kier molecular flexibility index (Phi) is 4.08. The highest BCUT2D eigenvalue weighted by Gasteiger charge is 2.57. The third kappa shape index (κ3) is 2.80. The zero-order valence-electron chi connectivity index (χ0n) is 11.9. The van der Waals surface area contributed by atoms with Crippen molar-refractivity contribution in [3.63, 3.8) is 0 Å². The zero-order chi connectivity index (χ0) is 13.3. The molecule has 2 saturated carbocycles. The summed E-state index contributed by atoms with van der Waals surface area (Å²) >= 11 is 2.02. The van der Waals surface area contributed by atoms with Crippen LogP contribution in [0.4, 0.5) is 0 Å². The van der Waals surface area contributed by atoms with Gasteiger partial charge in [0, 0.05) is 17.2 Å². The fourth-order valence-corrected chi connectivity index (χ4v) is 5.18. The third-order valence-corrected chi connectivity index (χ3v) is 6.59. The van der Waals surface area contributed by atoms with Crippen LogP contribution in [0.5, 0.6) is 0 Å². The van der Waals surface area contributed by atoms with Crippen molar-refractivity contribution in [3.8, 4) is 0 Å². The average Bonchev–Trinajstić information content (AvgIpc) is 2.92. The molecule has 3 rings (SSSR count). The Labute approximate surface area is 120 Å². The van der Waals surface area contributed by atoms with E-state index < -0.39 is 0 Å². The van der Waals surface area contributed by atoms with Crippen molar-refractivity contribution in [1.82, 2.24) is 10.6 Å². The van der Waals surface area contributed by atoms with Crippen LogP contribution in [0, 0.1) is 11.3 Å². The molecule has 1 aliphatic heterocycles. The maximum atomic E-state index is 12.4. The molecule has 1 heterocycles. The fraction of sp³-hybridized carbons (Fsp3) is 0.933. The van der Waals surface area contributed by atoms with Gasteiger partial charge in [-0.25, -0.2) is 0 Å². The normalized spacial score (nSPS) is 36.4. The van der Waals surface area contributed by atoms with Crippen LogP contribution in [-0.4, -0.2) is 36.0 Å². The molecule has 0 bridgehead atoms. The van der Waals surface area contributed by atoms with Crippen LogP contribution in [0.2, 0.25) is 0 Å². The minimum atomic E-state index is 0.322. The van der Waals surface area contributed by atoms with E-state index in [2.05, 4.69) is 17.6 Å². The van der Waals surface area contributed by atoms with Crippen LogP contribution in [-0.2, 0) is 4.79 Å². The first-order valence-electron chi connectivity index (χ1n) is 7.88. The second-order valence-electron chi connectivity index (χ2n) is 6.41. The first-order valence-corrected chi connectivity index (χ1v) is 8.93. The van der Waals surface area contributed by atoms with E-state index in [9.17, 15) is 4.79 Å². The van der Waals surface area contributed by atoms with Crippen molar-refractivity contribution in [2.75, 3.05) is 18.8 Å². The Balaban J connectivity index is 1.52. The molecule has 0 aromatic carbocycles. The predicted molar refractivity (Wildman–Crippen MR) is 80.3 cm³/mol. The molecule has 108 valence electrons. The molecule has 3 atom stereocenters. The Morgan fingerprint density at radius 1 is 1.37 bits per heavy atom. The van der Waals surface area contributed by atoms with Crippen LogP contribution in [0.25, 0.3) is 0 Å². The largest absolute Gasteiger partial charge is 0.352 e. The number of nitrogens with one attached hydrogen (secondary N) is 2. The first kappa shape index (κ1) is 13.7. The van der Waals surface area contributed by atoms with Gasteiger partial charge in [0.25, 0.3) is 0 Å². The summed E-state index contributed by atoms with van der Waals surface area (Å²) < 4.78 is 0. The fourth-order valence-electron chi connectivity index (χ4n) is 3.98. The molecule has 19 heavy (non-hydrogen) atoms. The summed E-state index contributed by atoms with van der Waals surface area (Å²) in [6.45, 7) is 4.41. The number of carbonyl (C=O) groups is 1. The van der Waals surface area contributed by atoms with E-state index in [0.717, 1.165) is 25.3 Å². The van der Waals surface area contributed by atoms with E-state index in [1.165, 1.54) is 32.1 Å². The quantitative estimate of drug-likeness (QED) is 0.830. The van der Waals surface area contributed by atoms with Crippen LogP contribution >= 0.6 is 11.8 Å². The molecule has 0 radical (unpaired) electrons. The third-order valence-electron chi connectivity index (χ3n) is 5.27. The van der Waals surface area contributed by atoms with Gasteiger partial charge >= 0.3 is 0 Å². The molecule has 4 heteroatoms. The maximum absolute atomic E-state index is 12.4. The molecule has 1 saturated heterocycles. The van der Waals surface area contributed by atoms with Crippen LogP contribution < -0.4 is 10.6 Å². The van der Waals surface area contributed by atoms with Crippen molar-refractivity contribution in [2.24, 2.45) is 11.3 Å². The topological polar surface area (TPSA) is 41.1 Å². The van der Waals surface area contributed by atoms with Crippen molar-refractivity contribution >= 4 is 17.7 Å². The molecule has 3 aliphatic rings. The molecule has 3 nitrogen and oxygen atoms in total. The lowest BCUT2D eigenvalue weighted by Gasteiger charge is -2.25. The van der Waals surface area contributed by atoms with Gasteiger partial charge in [-0.1, -0.05) is 13.3 Å². The van der Waals surface area contributed by atoms with Gasteiger partial charge in [-0.3, -0.25) is 4.79 Å². The van der Waals surface area contributed by atoms with Gasteiger partial charge in [0.15, 0.2) is 0 Å². The lowest BCUT2D eigenvalue weighted by atomic mass is 9.91. The first-order chi connectivity index (χ1) is 9.25. The Bertz CT molecular complexity index is 341. The number of carbonyl (C=O) groups excluding carboxylic acids is 1. The number of hydrogen-bond acceptors (Lipinski definition) is 3. The van der Waals surface area contributed by atoms with Crippen molar-refractivity contribution in [1.29, 1.82) is 0 Å². The lowest BCUT2D eigenvalue weighted by Crippen LogP contribution is -2.41. The molecular formula is C15H26N2OS. The summed E-state index contributed by atoms with van der Waals surface area (Å²) in [5.74, 6) is 1.84. The van der Waals surface area contributed by atoms with E-state index >= 15 is 0 Å². The number of piperidine rings is 1. The SMILES string of the molecule is CCSC1CCCC1NC(=O)C1CC12CCNCC2. The number of rotatable bonds is 4. The van der Waals surface area contributed by atoms with E-state index in [1.54, 1.807) is 0 Å². The number of amides is 1.